The van der Waals surface area contributed by atoms with Gasteiger partial charge in [0.15, 0.2) is 11.6 Å². The zero-order valence-corrected chi connectivity index (χ0v) is 11.9. The molecule has 0 fully saturated rings. The molecule has 1 N–H and O–H groups in total. The number of benzene rings is 1. The van der Waals surface area contributed by atoms with Gasteiger partial charge in [-0.05, 0) is 38.5 Å². The molecule has 0 saturated carbocycles. The van der Waals surface area contributed by atoms with Crippen molar-refractivity contribution in [3.8, 4) is 5.75 Å². The van der Waals surface area contributed by atoms with Gasteiger partial charge in [0.05, 0.1) is 22.8 Å². The van der Waals surface area contributed by atoms with Gasteiger partial charge in [-0.15, -0.1) is 0 Å². The number of aliphatic hydroxyl groups is 1. The molecule has 2 nitrogen and oxygen atoms in total. The molecule has 1 aromatic carbocycles. The number of hydrogen-bond donors (Lipinski definition) is 1. The minimum atomic E-state index is -0.617. The van der Waals surface area contributed by atoms with Gasteiger partial charge in [-0.2, -0.15) is 0 Å². The first-order valence-electron chi connectivity index (χ1n) is 5.49. The summed E-state index contributed by atoms with van der Waals surface area (Å²) >= 11 is 11.9. The molecule has 0 radical (unpaired) electrons. The second kappa shape index (κ2) is 6.41. The maximum absolute atomic E-state index is 14.2. The monoisotopic (exact) mass is 292 g/mol. The largest absolute Gasteiger partial charge is 0.486 e. The van der Waals surface area contributed by atoms with Crippen LogP contribution in [-0.2, 0) is 0 Å². The normalized spacial score (nSPS) is 12.7. The Kier molecular flexibility index (Phi) is 5.45. The van der Waals surface area contributed by atoms with Crippen molar-refractivity contribution in [2.75, 3.05) is 6.61 Å². The Hall–Kier alpha value is -0.770. The fraction of sp³-hybridized carbons (Fsp3) is 0.385. The molecule has 0 aliphatic heterocycles. The van der Waals surface area contributed by atoms with Crippen LogP contribution in [0.3, 0.4) is 0 Å². The molecular weight excluding hydrogens is 278 g/mol. The molecule has 0 aromatic heterocycles. The Morgan fingerprint density at radius 1 is 1.44 bits per heavy atom. The molecule has 1 aromatic rings. The highest BCUT2D eigenvalue weighted by atomic mass is 35.5. The summed E-state index contributed by atoms with van der Waals surface area (Å²) in [6, 6.07) is 2.98. The van der Waals surface area contributed by atoms with Crippen molar-refractivity contribution < 1.29 is 14.2 Å². The van der Waals surface area contributed by atoms with Crippen LogP contribution in [0.15, 0.2) is 17.7 Å². The Balaban J connectivity index is 3.33. The van der Waals surface area contributed by atoms with Gasteiger partial charge in [-0.3, -0.25) is 0 Å². The van der Waals surface area contributed by atoms with E-state index in [4.69, 9.17) is 33.0 Å². The van der Waals surface area contributed by atoms with E-state index in [1.54, 1.807) is 20.8 Å². The third-order valence-electron chi connectivity index (χ3n) is 2.25. The average molecular weight is 293 g/mol. The van der Waals surface area contributed by atoms with Crippen molar-refractivity contribution in [3.63, 3.8) is 0 Å². The SMILES string of the molecule is C/C(CO)=C(\Cl)c1ccc(Cl)c(OC(C)C)c1F. The van der Waals surface area contributed by atoms with E-state index >= 15 is 0 Å². The van der Waals surface area contributed by atoms with Crippen LogP contribution in [0.2, 0.25) is 5.02 Å². The third-order valence-corrected chi connectivity index (χ3v) is 3.07. The summed E-state index contributed by atoms with van der Waals surface area (Å²) in [5.74, 6) is -0.637. The quantitative estimate of drug-likeness (QED) is 0.900. The van der Waals surface area contributed by atoms with Gasteiger partial charge in [0.1, 0.15) is 0 Å². The second-order valence-corrected chi connectivity index (χ2v) is 4.94. The zero-order chi connectivity index (χ0) is 13.9. The summed E-state index contributed by atoms with van der Waals surface area (Å²) in [5, 5.41) is 9.36. The third kappa shape index (κ3) is 3.37. The number of aliphatic hydroxyl groups excluding tert-OH is 1. The van der Waals surface area contributed by atoms with E-state index in [9.17, 15) is 4.39 Å². The summed E-state index contributed by atoms with van der Waals surface area (Å²) in [6.45, 7) is 4.94. The lowest BCUT2D eigenvalue weighted by atomic mass is 10.1. The highest BCUT2D eigenvalue weighted by Gasteiger charge is 2.17. The number of rotatable bonds is 4. The van der Waals surface area contributed by atoms with E-state index in [1.807, 2.05) is 0 Å². The van der Waals surface area contributed by atoms with E-state index in [0.29, 0.717) is 5.57 Å². The lowest BCUT2D eigenvalue weighted by Gasteiger charge is -2.15. The molecule has 1 rings (SSSR count). The van der Waals surface area contributed by atoms with Crippen molar-refractivity contribution in [1.82, 2.24) is 0 Å². The highest BCUT2D eigenvalue weighted by molar-refractivity contribution is 6.49. The lowest BCUT2D eigenvalue weighted by Crippen LogP contribution is -2.08. The van der Waals surface area contributed by atoms with Crippen LogP contribution in [-0.4, -0.2) is 17.8 Å². The summed E-state index contributed by atoms with van der Waals surface area (Å²) in [5.41, 5.74) is 0.650. The van der Waals surface area contributed by atoms with Crippen LogP contribution < -0.4 is 4.74 Å². The van der Waals surface area contributed by atoms with Crippen molar-refractivity contribution >= 4 is 28.2 Å². The molecule has 0 heterocycles. The standard InChI is InChI=1S/C13H15Cl2FO2/c1-7(2)18-13-10(14)5-4-9(12(13)16)11(15)8(3)6-17/h4-5,7,17H,6H2,1-3H3/b11-8+. The summed E-state index contributed by atoms with van der Waals surface area (Å²) in [4.78, 5) is 0. The number of ether oxygens (including phenoxy) is 1. The van der Waals surface area contributed by atoms with Crippen LogP contribution in [0, 0.1) is 5.82 Å². The Bertz CT molecular complexity index is 470. The first-order chi connectivity index (χ1) is 8.38. The van der Waals surface area contributed by atoms with Crippen molar-refractivity contribution in [2.45, 2.75) is 26.9 Å². The topological polar surface area (TPSA) is 29.5 Å². The highest BCUT2D eigenvalue weighted by Crippen LogP contribution is 2.35. The molecule has 0 bridgehead atoms. The van der Waals surface area contributed by atoms with Gasteiger partial charge in [-0.1, -0.05) is 23.2 Å². The summed E-state index contributed by atoms with van der Waals surface area (Å²) < 4.78 is 19.6. The molecule has 0 aliphatic rings. The smallest absolute Gasteiger partial charge is 0.175 e. The fourth-order valence-corrected chi connectivity index (χ4v) is 1.74. The first-order valence-corrected chi connectivity index (χ1v) is 6.25. The van der Waals surface area contributed by atoms with Gasteiger partial charge in [0.2, 0.25) is 0 Å². The summed E-state index contributed by atoms with van der Waals surface area (Å²) in [6.07, 6.45) is -0.200. The summed E-state index contributed by atoms with van der Waals surface area (Å²) in [7, 11) is 0. The number of hydrogen-bond acceptors (Lipinski definition) is 2. The van der Waals surface area contributed by atoms with Crippen LogP contribution >= 0.6 is 23.2 Å². The van der Waals surface area contributed by atoms with Crippen LogP contribution in [0.1, 0.15) is 26.3 Å². The van der Waals surface area contributed by atoms with Gasteiger partial charge in [0, 0.05) is 5.56 Å². The molecule has 0 amide bonds. The second-order valence-electron chi connectivity index (χ2n) is 4.16. The van der Waals surface area contributed by atoms with Crippen molar-refractivity contribution in [2.24, 2.45) is 0 Å². The van der Waals surface area contributed by atoms with E-state index in [2.05, 4.69) is 0 Å². The van der Waals surface area contributed by atoms with Gasteiger partial charge < -0.3 is 9.84 Å². The maximum Gasteiger partial charge on any atom is 0.175 e. The molecule has 0 spiro atoms. The molecule has 0 saturated heterocycles. The van der Waals surface area contributed by atoms with E-state index in [0.717, 1.165) is 0 Å². The van der Waals surface area contributed by atoms with Gasteiger partial charge >= 0.3 is 0 Å². The predicted molar refractivity (Wildman–Crippen MR) is 72.7 cm³/mol. The van der Waals surface area contributed by atoms with Gasteiger partial charge in [-0.25, -0.2) is 4.39 Å². The Labute approximate surface area is 116 Å². The minimum Gasteiger partial charge on any atom is -0.486 e. The minimum absolute atomic E-state index is 0.0203. The van der Waals surface area contributed by atoms with Crippen molar-refractivity contribution in [3.05, 3.63) is 34.1 Å². The van der Waals surface area contributed by atoms with Gasteiger partial charge in [0.25, 0.3) is 0 Å². The molecule has 0 unspecified atom stereocenters. The molecule has 0 atom stereocenters. The Morgan fingerprint density at radius 3 is 2.56 bits per heavy atom. The van der Waals surface area contributed by atoms with Crippen LogP contribution in [0.25, 0.3) is 5.03 Å². The van der Waals surface area contributed by atoms with E-state index < -0.39 is 5.82 Å². The molecule has 100 valence electrons. The average Bonchev–Trinajstić information content (AvgIpc) is 2.32. The first kappa shape index (κ1) is 15.3. The predicted octanol–water partition coefficient (Wildman–Crippen LogP) is 4.23. The molecule has 5 heteroatoms. The van der Waals surface area contributed by atoms with E-state index in [1.165, 1.54) is 12.1 Å². The van der Waals surface area contributed by atoms with Crippen LogP contribution in [0.5, 0.6) is 5.75 Å². The lowest BCUT2D eigenvalue weighted by molar-refractivity contribution is 0.231. The maximum atomic E-state index is 14.2. The molecular formula is C13H15Cl2FO2. The fourth-order valence-electron chi connectivity index (χ4n) is 1.35. The number of halogens is 3. The van der Waals surface area contributed by atoms with Crippen LogP contribution in [0.4, 0.5) is 4.39 Å². The molecule has 0 aliphatic carbocycles. The molecule has 18 heavy (non-hydrogen) atoms. The van der Waals surface area contributed by atoms with E-state index in [-0.39, 0.29) is 34.1 Å². The van der Waals surface area contributed by atoms with Crippen molar-refractivity contribution in [1.29, 1.82) is 0 Å². The Morgan fingerprint density at radius 2 is 2.06 bits per heavy atom. The zero-order valence-electron chi connectivity index (χ0n) is 10.4.